The van der Waals surface area contributed by atoms with Crippen LogP contribution in [0.2, 0.25) is 0 Å². The SMILES string of the molecule is C=CC(C)[C@@H](C)[C@@H](C)Oc1ccccc1. The normalized spacial score (nSPS) is 16.5. The molecule has 0 radical (unpaired) electrons. The topological polar surface area (TPSA) is 9.23 Å². The van der Waals surface area contributed by atoms with Gasteiger partial charge < -0.3 is 4.74 Å². The van der Waals surface area contributed by atoms with E-state index in [9.17, 15) is 0 Å². The molecule has 0 amide bonds. The maximum Gasteiger partial charge on any atom is 0.119 e. The fraction of sp³-hybridized carbons (Fsp3) is 0.429. The Morgan fingerprint density at radius 3 is 2.27 bits per heavy atom. The van der Waals surface area contributed by atoms with Crippen molar-refractivity contribution in [1.82, 2.24) is 0 Å². The molecule has 0 N–H and O–H groups in total. The third kappa shape index (κ3) is 3.43. The van der Waals surface area contributed by atoms with Crippen LogP contribution < -0.4 is 4.74 Å². The second kappa shape index (κ2) is 5.59. The Labute approximate surface area is 92.8 Å². The van der Waals surface area contributed by atoms with Crippen LogP contribution in [0.3, 0.4) is 0 Å². The molecule has 1 unspecified atom stereocenters. The number of para-hydroxylation sites is 1. The van der Waals surface area contributed by atoms with E-state index in [1.165, 1.54) is 0 Å². The van der Waals surface area contributed by atoms with Crippen molar-refractivity contribution in [2.75, 3.05) is 0 Å². The van der Waals surface area contributed by atoms with Gasteiger partial charge in [-0.05, 0) is 30.9 Å². The van der Waals surface area contributed by atoms with E-state index in [-0.39, 0.29) is 6.10 Å². The molecule has 0 fully saturated rings. The molecule has 1 aromatic rings. The lowest BCUT2D eigenvalue weighted by atomic mass is 9.91. The fourth-order valence-electron chi connectivity index (χ4n) is 1.46. The first-order chi connectivity index (χ1) is 7.15. The van der Waals surface area contributed by atoms with Gasteiger partial charge in [0.25, 0.3) is 0 Å². The van der Waals surface area contributed by atoms with Crippen molar-refractivity contribution in [3.05, 3.63) is 43.0 Å². The second-order valence-electron chi connectivity index (χ2n) is 4.09. The smallest absolute Gasteiger partial charge is 0.119 e. The van der Waals surface area contributed by atoms with E-state index in [1.54, 1.807) is 0 Å². The average molecular weight is 204 g/mol. The van der Waals surface area contributed by atoms with Crippen LogP contribution in [-0.4, -0.2) is 6.10 Å². The quantitative estimate of drug-likeness (QED) is 0.661. The highest BCUT2D eigenvalue weighted by Crippen LogP contribution is 2.21. The number of ether oxygens (including phenoxy) is 1. The van der Waals surface area contributed by atoms with E-state index in [0.29, 0.717) is 11.8 Å². The Morgan fingerprint density at radius 1 is 1.13 bits per heavy atom. The molecule has 0 bridgehead atoms. The first-order valence-electron chi connectivity index (χ1n) is 5.49. The van der Waals surface area contributed by atoms with Gasteiger partial charge in [0, 0.05) is 0 Å². The van der Waals surface area contributed by atoms with Crippen molar-refractivity contribution in [2.45, 2.75) is 26.9 Å². The molecule has 1 heteroatoms. The zero-order valence-corrected chi connectivity index (χ0v) is 9.81. The van der Waals surface area contributed by atoms with Crippen molar-refractivity contribution in [3.63, 3.8) is 0 Å². The van der Waals surface area contributed by atoms with Crippen LogP contribution >= 0.6 is 0 Å². The highest BCUT2D eigenvalue weighted by atomic mass is 16.5. The summed E-state index contributed by atoms with van der Waals surface area (Å²) in [4.78, 5) is 0. The number of benzene rings is 1. The summed E-state index contributed by atoms with van der Waals surface area (Å²) in [6.45, 7) is 10.3. The van der Waals surface area contributed by atoms with E-state index in [0.717, 1.165) is 5.75 Å². The summed E-state index contributed by atoms with van der Waals surface area (Å²) in [7, 11) is 0. The lowest BCUT2D eigenvalue weighted by Crippen LogP contribution is -2.25. The molecule has 15 heavy (non-hydrogen) atoms. The van der Waals surface area contributed by atoms with Gasteiger partial charge in [-0.3, -0.25) is 0 Å². The molecular weight excluding hydrogens is 184 g/mol. The molecule has 0 aliphatic carbocycles. The number of allylic oxidation sites excluding steroid dienone is 1. The minimum atomic E-state index is 0.209. The van der Waals surface area contributed by atoms with Gasteiger partial charge in [0.15, 0.2) is 0 Å². The molecule has 0 spiro atoms. The van der Waals surface area contributed by atoms with Crippen LogP contribution in [0.15, 0.2) is 43.0 Å². The number of hydrogen-bond donors (Lipinski definition) is 0. The zero-order chi connectivity index (χ0) is 11.3. The van der Waals surface area contributed by atoms with E-state index in [4.69, 9.17) is 4.74 Å². The maximum atomic E-state index is 5.85. The summed E-state index contributed by atoms with van der Waals surface area (Å²) in [6, 6.07) is 9.95. The van der Waals surface area contributed by atoms with Crippen LogP contribution in [0.25, 0.3) is 0 Å². The Morgan fingerprint density at radius 2 is 1.73 bits per heavy atom. The van der Waals surface area contributed by atoms with E-state index in [1.807, 2.05) is 36.4 Å². The molecule has 0 aromatic heterocycles. The Hall–Kier alpha value is -1.24. The first kappa shape index (κ1) is 11.8. The van der Waals surface area contributed by atoms with E-state index < -0.39 is 0 Å². The monoisotopic (exact) mass is 204 g/mol. The predicted molar refractivity (Wildman–Crippen MR) is 65.1 cm³/mol. The van der Waals surface area contributed by atoms with Gasteiger partial charge in [-0.1, -0.05) is 38.1 Å². The summed E-state index contributed by atoms with van der Waals surface area (Å²) < 4.78 is 5.85. The van der Waals surface area contributed by atoms with Crippen LogP contribution in [0, 0.1) is 11.8 Å². The zero-order valence-electron chi connectivity index (χ0n) is 9.81. The number of hydrogen-bond acceptors (Lipinski definition) is 1. The molecule has 0 heterocycles. The summed E-state index contributed by atoms with van der Waals surface area (Å²) in [6.07, 6.45) is 2.19. The van der Waals surface area contributed by atoms with Crippen LogP contribution in [0.1, 0.15) is 20.8 Å². The fourth-order valence-corrected chi connectivity index (χ4v) is 1.46. The second-order valence-corrected chi connectivity index (χ2v) is 4.09. The molecule has 1 nitrogen and oxygen atoms in total. The molecule has 0 saturated carbocycles. The van der Waals surface area contributed by atoms with Crippen molar-refractivity contribution >= 4 is 0 Å². The Kier molecular flexibility index (Phi) is 4.41. The van der Waals surface area contributed by atoms with Crippen LogP contribution in [0.4, 0.5) is 0 Å². The molecule has 82 valence electrons. The van der Waals surface area contributed by atoms with Gasteiger partial charge in [-0.2, -0.15) is 0 Å². The number of rotatable bonds is 5. The third-order valence-electron chi connectivity index (χ3n) is 3.01. The Balaban J connectivity index is 2.55. The van der Waals surface area contributed by atoms with Gasteiger partial charge in [0.05, 0.1) is 6.10 Å². The molecule has 1 aromatic carbocycles. The van der Waals surface area contributed by atoms with Crippen molar-refractivity contribution in [1.29, 1.82) is 0 Å². The van der Waals surface area contributed by atoms with Crippen LogP contribution in [-0.2, 0) is 0 Å². The Bertz CT molecular complexity index is 291. The third-order valence-corrected chi connectivity index (χ3v) is 3.01. The van der Waals surface area contributed by atoms with Gasteiger partial charge in [0.2, 0.25) is 0 Å². The molecular formula is C14H20O. The van der Waals surface area contributed by atoms with Gasteiger partial charge >= 0.3 is 0 Å². The maximum absolute atomic E-state index is 5.85. The minimum Gasteiger partial charge on any atom is -0.490 e. The first-order valence-corrected chi connectivity index (χ1v) is 5.49. The summed E-state index contributed by atoms with van der Waals surface area (Å²) >= 11 is 0. The molecule has 0 aliphatic rings. The largest absolute Gasteiger partial charge is 0.490 e. The standard InChI is InChI=1S/C14H20O/c1-5-11(2)12(3)13(4)15-14-9-7-6-8-10-14/h5-13H,1H2,2-4H3/t11?,12-,13-/m1/s1. The van der Waals surface area contributed by atoms with E-state index in [2.05, 4.69) is 27.4 Å². The summed E-state index contributed by atoms with van der Waals surface area (Å²) in [5, 5.41) is 0. The van der Waals surface area contributed by atoms with Crippen LogP contribution in [0.5, 0.6) is 5.75 Å². The van der Waals surface area contributed by atoms with Crippen molar-refractivity contribution in [2.24, 2.45) is 11.8 Å². The van der Waals surface area contributed by atoms with E-state index >= 15 is 0 Å². The summed E-state index contributed by atoms with van der Waals surface area (Å²) in [5.74, 6) is 1.89. The molecule has 1 rings (SSSR count). The predicted octanol–water partition coefficient (Wildman–Crippen LogP) is 3.91. The highest BCUT2D eigenvalue weighted by Gasteiger charge is 2.18. The van der Waals surface area contributed by atoms with Crippen molar-refractivity contribution in [3.8, 4) is 5.75 Å². The van der Waals surface area contributed by atoms with Gasteiger partial charge in [0.1, 0.15) is 5.75 Å². The highest BCUT2D eigenvalue weighted by molar-refractivity contribution is 5.21. The summed E-state index contributed by atoms with van der Waals surface area (Å²) in [5.41, 5.74) is 0. The van der Waals surface area contributed by atoms with Gasteiger partial charge in [-0.15, -0.1) is 6.58 Å². The molecule has 0 aliphatic heterocycles. The lowest BCUT2D eigenvalue weighted by molar-refractivity contribution is 0.140. The minimum absolute atomic E-state index is 0.209. The molecule has 3 atom stereocenters. The molecule has 0 saturated heterocycles. The van der Waals surface area contributed by atoms with Crippen molar-refractivity contribution < 1.29 is 4.74 Å². The average Bonchev–Trinajstić information content (AvgIpc) is 2.28. The van der Waals surface area contributed by atoms with Gasteiger partial charge in [-0.25, -0.2) is 0 Å². The lowest BCUT2D eigenvalue weighted by Gasteiger charge is -2.24.